The third-order valence-electron chi connectivity index (χ3n) is 3.17. The third kappa shape index (κ3) is 3.77. The van der Waals surface area contributed by atoms with Gasteiger partial charge in [0.15, 0.2) is 0 Å². The average molecular weight is 214 g/mol. The number of amides is 1. The van der Waals surface area contributed by atoms with Crippen LogP contribution in [-0.2, 0) is 4.79 Å². The van der Waals surface area contributed by atoms with Crippen LogP contribution in [0.4, 0.5) is 0 Å². The number of carbonyl (C=O) groups is 1. The molecule has 0 aromatic rings. The van der Waals surface area contributed by atoms with E-state index in [0.29, 0.717) is 12.3 Å². The maximum Gasteiger partial charge on any atom is 0.237 e. The van der Waals surface area contributed by atoms with Gasteiger partial charge in [-0.1, -0.05) is 0 Å². The molecule has 5 nitrogen and oxygen atoms in total. The van der Waals surface area contributed by atoms with Crippen molar-refractivity contribution >= 4 is 5.91 Å². The first-order valence-electron chi connectivity index (χ1n) is 5.46. The fourth-order valence-electron chi connectivity index (χ4n) is 1.97. The van der Waals surface area contributed by atoms with E-state index in [0.717, 1.165) is 30.9 Å². The van der Waals surface area contributed by atoms with E-state index in [2.05, 4.69) is 11.9 Å². The number of hydrogen-bond acceptors (Lipinski definition) is 4. The minimum Gasteiger partial charge on any atom is -0.327 e. The molecule has 1 rings (SSSR count). The lowest BCUT2D eigenvalue weighted by atomic mass is 9.88. The first-order valence-corrected chi connectivity index (χ1v) is 5.46. The lowest BCUT2D eigenvalue weighted by molar-refractivity contribution is -0.130. The predicted octanol–water partition coefficient (Wildman–Crippen LogP) is -0.622. The number of nitrogens with two attached hydrogens (primary N) is 2. The van der Waals surface area contributed by atoms with Crippen LogP contribution in [0.15, 0.2) is 0 Å². The number of hydrazine groups is 1. The second-order valence-electron chi connectivity index (χ2n) is 4.51. The molecule has 0 spiro atoms. The van der Waals surface area contributed by atoms with Crippen molar-refractivity contribution in [1.29, 1.82) is 0 Å². The fraction of sp³-hybridized carbons (Fsp3) is 0.900. The van der Waals surface area contributed by atoms with Gasteiger partial charge < -0.3 is 10.6 Å². The van der Waals surface area contributed by atoms with E-state index in [1.807, 2.05) is 0 Å². The molecule has 1 fully saturated rings. The Kier molecular flexibility index (Phi) is 4.50. The second kappa shape index (κ2) is 5.44. The molecule has 1 saturated heterocycles. The molecule has 1 atom stereocenters. The molecule has 1 aliphatic heterocycles. The molecule has 88 valence electrons. The van der Waals surface area contributed by atoms with Gasteiger partial charge in [0.05, 0.1) is 0 Å². The smallest absolute Gasteiger partial charge is 0.237 e. The zero-order chi connectivity index (χ0) is 11.4. The molecule has 15 heavy (non-hydrogen) atoms. The number of rotatable bonds is 3. The minimum atomic E-state index is -0.0820. The summed E-state index contributed by atoms with van der Waals surface area (Å²) < 4.78 is 0. The van der Waals surface area contributed by atoms with E-state index in [1.165, 1.54) is 0 Å². The SMILES string of the molecule is CN1CCC(C(N)CC(=O)N(C)N)CC1. The fourth-order valence-corrected chi connectivity index (χ4v) is 1.97. The van der Waals surface area contributed by atoms with Crippen LogP contribution in [0.5, 0.6) is 0 Å². The Morgan fingerprint density at radius 1 is 1.53 bits per heavy atom. The van der Waals surface area contributed by atoms with Crippen molar-refractivity contribution in [1.82, 2.24) is 9.91 Å². The molecular formula is C10H22N4O. The number of hydrogen-bond donors (Lipinski definition) is 2. The van der Waals surface area contributed by atoms with Crippen LogP contribution in [-0.4, -0.2) is 49.0 Å². The van der Waals surface area contributed by atoms with Gasteiger partial charge in [-0.2, -0.15) is 0 Å². The normalized spacial score (nSPS) is 21.3. The number of nitrogens with zero attached hydrogens (tertiary/aromatic N) is 2. The van der Waals surface area contributed by atoms with Crippen LogP contribution in [0, 0.1) is 5.92 Å². The molecule has 0 radical (unpaired) electrons. The monoisotopic (exact) mass is 214 g/mol. The summed E-state index contributed by atoms with van der Waals surface area (Å²) in [6.07, 6.45) is 2.53. The van der Waals surface area contributed by atoms with Gasteiger partial charge in [-0.15, -0.1) is 0 Å². The van der Waals surface area contributed by atoms with Crippen molar-refractivity contribution in [3.63, 3.8) is 0 Å². The van der Waals surface area contributed by atoms with E-state index < -0.39 is 0 Å². The summed E-state index contributed by atoms with van der Waals surface area (Å²) in [6, 6.07) is -0.0443. The highest BCUT2D eigenvalue weighted by molar-refractivity contribution is 5.75. The standard InChI is InChI=1S/C10H22N4O/c1-13-5-3-8(4-6-13)9(11)7-10(15)14(2)12/h8-9H,3-7,11-12H2,1-2H3. The maximum absolute atomic E-state index is 11.4. The van der Waals surface area contributed by atoms with Crippen molar-refractivity contribution in [2.24, 2.45) is 17.5 Å². The zero-order valence-corrected chi connectivity index (χ0v) is 9.65. The summed E-state index contributed by atoms with van der Waals surface area (Å²) in [5.41, 5.74) is 6.01. The van der Waals surface area contributed by atoms with Gasteiger partial charge in [0, 0.05) is 19.5 Å². The van der Waals surface area contributed by atoms with E-state index >= 15 is 0 Å². The lowest BCUT2D eigenvalue weighted by Crippen LogP contribution is -2.43. The van der Waals surface area contributed by atoms with Crippen molar-refractivity contribution in [2.75, 3.05) is 27.2 Å². The largest absolute Gasteiger partial charge is 0.327 e. The second-order valence-corrected chi connectivity index (χ2v) is 4.51. The summed E-state index contributed by atoms with van der Waals surface area (Å²) in [7, 11) is 3.67. The molecule has 0 aliphatic carbocycles. The van der Waals surface area contributed by atoms with Gasteiger partial charge in [0.2, 0.25) is 5.91 Å². The topological polar surface area (TPSA) is 75.6 Å². The molecule has 0 aromatic heterocycles. The van der Waals surface area contributed by atoms with E-state index in [1.54, 1.807) is 7.05 Å². The van der Waals surface area contributed by atoms with Gasteiger partial charge >= 0.3 is 0 Å². The highest BCUT2D eigenvalue weighted by Gasteiger charge is 2.24. The highest BCUT2D eigenvalue weighted by Crippen LogP contribution is 2.20. The molecule has 1 aliphatic rings. The van der Waals surface area contributed by atoms with Gasteiger partial charge in [0.25, 0.3) is 0 Å². The predicted molar refractivity (Wildman–Crippen MR) is 59.8 cm³/mol. The summed E-state index contributed by atoms with van der Waals surface area (Å²) in [4.78, 5) is 13.7. The number of likely N-dealkylation sites (tertiary alicyclic amines) is 1. The average Bonchev–Trinajstić information content (AvgIpc) is 2.18. The maximum atomic E-state index is 11.4. The van der Waals surface area contributed by atoms with E-state index in [-0.39, 0.29) is 11.9 Å². The van der Waals surface area contributed by atoms with Crippen LogP contribution in [0.3, 0.4) is 0 Å². The Morgan fingerprint density at radius 2 is 2.07 bits per heavy atom. The summed E-state index contributed by atoms with van der Waals surface area (Å²) >= 11 is 0. The van der Waals surface area contributed by atoms with Crippen molar-refractivity contribution in [2.45, 2.75) is 25.3 Å². The summed E-state index contributed by atoms with van der Waals surface area (Å²) in [5, 5.41) is 1.12. The molecule has 0 aromatic carbocycles. The first kappa shape index (κ1) is 12.4. The van der Waals surface area contributed by atoms with Crippen LogP contribution in [0.2, 0.25) is 0 Å². The Hall–Kier alpha value is -0.650. The molecular weight excluding hydrogens is 192 g/mol. The zero-order valence-electron chi connectivity index (χ0n) is 9.65. The Balaban J connectivity index is 2.34. The van der Waals surface area contributed by atoms with E-state index in [4.69, 9.17) is 11.6 Å². The quantitative estimate of drug-likeness (QED) is 0.373. The van der Waals surface area contributed by atoms with Crippen molar-refractivity contribution < 1.29 is 4.79 Å². The number of piperidine rings is 1. The van der Waals surface area contributed by atoms with Gasteiger partial charge in [-0.05, 0) is 38.9 Å². The molecule has 1 heterocycles. The highest BCUT2D eigenvalue weighted by atomic mass is 16.2. The molecule has 5 heteroatoms. The molecule has 1 amide bonds. The Labute approximate surface area is 91.3 Å². The van der Waals surface area contributed by atoms with Crippen molar-refractivity contribution in [3.05, 3.63) is 0 Å². The first-order chi connectivity index (χ1) is 7.00. The summed E-state index contributed by atoms with van der Waals surface area (Å²) in [6.45, 7) is 2.15. The molecule has 1 unspecified atom stereocenters. The minimum absolute atomic E-state index is 0.0443. The van der Waals surface area contributed by atoms with Crippen molar-refractivity contribution in [3.8, 4) is 0 Å². The van der Waals surface area contributed by atoms with E-state index in [9.17, 15) is 4.79 Å². The molecule has 0 saturated carbocycles. The lowest BCUT2D eigenvalue weighted by Gasteiger charge is -2.32. The van der Waals surface area contributed by atoms with Crippen LogP contribution in [0.25, 0.3) is 0 Å². The van der Waals surface area contributed by atoms with Crippen LogP contribution < -0.4 is 11.6 Å². The van der Waals surface area contributed by atoms with Crippen LogP contribution >= 0.6 is 0 Å². The van der Waals surface area contributed by atoms with Gasteiger partial charge in [0.1, 0.15) is 0 Å². The van der Waals surface area contributed by atoms with Gasteiger partial charge in [-0.3, -0.25) is 9.80 Å². The summed E-state index contributed by atoms with van der Waals surface area (Å²) in [5.74, 6) is 5.74. The van der Waals surface area contributed by atoms with Crippen LogP contribution in [0.1, 0.15) is 19.3 Å². The third-order valence-corrected chi connectivity index (χ3v) is 3.17. The molecule has 0 bridgehead atoms. The molecule has 4 N–H and O–H groups in total. The Morgan fingerprint density at radius 3 is 2.53 bits per heavy atom. The Bertz CT molecular complexity index is 211. The number of carbonyl (C=O) groups excluding carboxylic acids is 1. The van der Waals surface area contributed by atoms with Gasteiger partial charge in [-0.25, -0.2) is 5.84 Å².